The molecule has 6 nitrogen and oxygen atoms in total. The number of carbonyl (C=O) groups is 2. The number of carbonyl (C=O) groups excluding carboxylic acids is 2. The zero-order chi connectivity index (χ0) is 20.2. The van der Waals surface area contributed by atoms with Gasteiger partial charge in [-0.2, -0.15) is 0 Å². The number of amides is 2. The predicted molar refractivity (Wildman–Crippen MR) is 115 cm³/mol. The van der Waals surface area contributed by atoms with Crippen molar-refractivity contribution < 1.29 is 14.0 Å². The number of thioether (sulfide) groups is 1. The number of hydrogen-bond acceptors (Lipinski definition) is 5. The third kappa shape index (κ3) is 4.55. The maximum Gasteiger partial charge on any atom is 0.243 e. The Bertz CT molecular complexity index is 1110. The van der Waals surface area contributed by atoms with Gasteiger partial charge in [-0.15, -0.1) is 0 Å². The monoisotopic (exact) mass is 408 g/mol. The molecule has 29 heavy (non-hydrogen) atoms. The Morgan fingerprint density at radius 2 is 1.76 bits per heavy atom. The molecule has 0 saturated carbocycles. The van der Waals surface area contributed by atoms with E-state index in [1.54, 1.807) is 0 Å². The molecule has 4 rings (SSSR count). The molecule has 146 valence electrons. The highest BCUT2D eigenvalue weighted by Crippen LogP contribution is 2.36. The first-order valence-corrected chi connectivity index (χ1v) is 9.89. The Hall–Kier alpha value is -3.39. The van der Waals surface area contributed by atoms with Gasteiger partial charge in [-0.25, -0.2) is 9.38 Å². The van der Waals surface area contributed by atoms with Crippen molar-refractivity contribution in [2.24, 2.45) is 4.99 Å². The fourth-order valence-electron chi connectivity index (χ4n) is 2.94. The molecule has 0 fully saturated rings. The molecule has 0 unspecified atom stereocenters. The number of anilines is 2. The molecule has 0 atom stereocenters. The second-order valence-corrected chi connectivity index (χ2v) is 7.31. The number of rotatable bonds is 5. The van der Waals surface area contributed by atoms with Crippen LogP contribution in [0.2, 0.25) is 0 Å². The largest absolute Gasteiger partial charge is 0.346 e. The minimum absolute atomic E-state index is 0.119. The van der Waals surface area contributed by atoms with Crippen LogP contribution in [0.4, 0.5) is 21.5 Å². The van der Waals surface area contributed by atoms with Crippen LogP contribution in [-0.2, 0) is 9.59 Å². The SMILES string of the molecule is O=C(CSC1=Nc2cccc3cccc(c23)N1)NCC(=O)Nc1ccc(F)cc1. The number of nitrogens with one attached hydrogen (secondary N) is 3. The average Bonchev–Trinajstić information content (AvgIpc) is 2.73. The van der Waals surface area contributed by atoms with E-state index < -0.39 is 0 Å². The smallest absolute Gasteiger partial charge is 0.243 e. The highest BCUT2D eigenvalue weighted by Gasteiger charge is 2.15. The summed E-state index contributed by atoms with van der Waals surface area (Å²) in [5, 5.41) is 11.2. The first-order chi connectivity index (χ1) is 14.1. The highest BCUT2D eigenvalue weighted by atomic mass is 32.2. The molecule has 3 aromatic carbocycles. The first-order valence-electron chi connectivity index (χ1n) is 8.91. The first kappa shape index (κ1) is 18.9. The molecule has 0 bridgehead atoms. The van der Waals surface area contributed by atoms with Gasteiger partial charge in [0.25, 0.3) is 0 Å². The fourth-order valence-corrected chi connectivity index (χ4v) is 3.66. The quantitative estimate of drug-likeness (QED) is 0.598. The van der Waals surface area contributed by atoms with Gasteiger partial charge in [-0.3, -0.25) is 9.59 Å². The summed E-state index contributed by atoms with van der Waals surface area (Å²) in [6.07, 6.45) is 0. The van der Waals surface area contributed by atoms with Crippen molar-refractivity contribution in [2.45, 2.75) is 0 Å². The molecular weight excluding hydrogens is 391 g/mol. The number of nitrogens with zero attached hydrogens (tertiary/aromatic N) is 1. The average molecular weight is 408 g/mol. The van der Waals surface area contributed by atoms with E-state index in [1.807, 2.05) is 36.4 Å². The lowest BCUT2D eigenvalue weighted by molar-refractivity contribution is -0.122. The number of hydrogen-bond donors (Lipinski definition) is 3. The molecule has 0 aromatic heterocycles. The van der Waals surface area contributed by atoms with Crippen LogP contribution in [0, 0.1) is 5.82 Å². The van der Waals surface area contributed by atoms with E-state index in [1.165, 1.54) is 36.0 Å². The van der Waals surface area contributed by atoms with Crippen LogP contribution in [0.25, 0.3) is 10.8 Å². The molecule has 0 saturated heterocycles. The summed E-state index contributed by atoms with van der Waals surface area (Å²) >= 11 is 1.26. The van der Waals surface area contributed by atoms with Gasteiger partial charge >= 0.3 is 0 Å². The molecule has 0 radical (unpaired) electrons. The van der Waals surface area contributed by atoms with Crippen LogP contribution >= 0.6 is 11.8 Å². The van der Waals surface area contributed by atoms with Crippen molar-refractivity contribution in [3.63, 3.8) is 0 Å². The third-order valence-corrected chi connectivity index (χ3v) is 5.13. The summed E-state index contributed by atoms with van der Waals surface area (Å²) in [5.74, 6) is -0.936. The van der Waals surface area contributed by atoms with E-state index in [4.69, 9.17) is 0 Å². The van der Waals surface area contributed by atoms with Gasteiger partial charge in [0.15, 0.2) is 5.17 Å². The van der Waals surface area contributed by atoms with Crippen molar-refractivity contribution in [1.82, 2.24) is 5.32 Å². The van der Waals surface area contributed by atoms with Crippen LogP contribution in [0.5, 0.6) is 0 Å². The van der Waals surface area contributed by atoms with Crippen molar-refractivity contribution in [1.29, 1.82) is 0 Å². The summed E-state index contributed by atoms with van der Waals surface area (Å²) in [6, 6.07) is 17.3. The molecule has 1 heterocycles. The van der Waals surface area contributed by atoms with Crippen LogP contribution in [0.1, 0.15) is 0 Å². The van der Waals surface area contributed by atoms with Gasteiger partial charge in [-0.05, 0) is 41.8 Å². The van der Waals surface area contributed by atoms with E-state index in [-0.39, 0.29) is 29.9 Å². The number of benzene rings is 3. The van der Waals surface area contributed by atoms with Crippen LogP contribution < -0.4 is 16.0 Å². The lowest BCUT2D eigenvalue weighted by Crippen LogP contribution is -2.34. The molecular formula is C21H17FN4O2S. The minimum Gasteiger partial charge on any atom is -0.346 e. The molecule has 2 amide bonds. The van der Waals surface area contributed by atoms with Crippen molar-refractivity contribution in [2.75, 3.05) is 22.9 Å². The number of amidine groups is 1. The second kappa shape index (κ2) is 8.32. The van der Waals surface area contributed by atoms with Gasteiger partial charge in [0.2, 0.25) is 11.8 Å². The van der Waals surface area contributed by atoms with Gasteiger partial charge in [0.05, 0.1) is 23.7 Å². The Morgan fingerprint density at radius 1 is 1.00 bits per heavy atom. The maximum atomic E-state index is 12.9. The summed E-state index contributed by atoms with van der Waals surface area (Å²) in [7, 11) is 0. The summed E-state index contributed by atoms with van der Waals surface area (Å²) in [4.78, 5) is 28.5. The van der Waals surface area contributed by atoms with Crippen LogP contribution in [-0.4, -0.2) is 29.3 Å². The molecule has 1 aliphatic rings. The molecule has 3 aromatic rings. The molecule has 3 N–H and O–H groups in total. The minimum atomic E-state index is -0.385. The van der Waals surface area contributed by atoms with Crippen LogP contribution in [0.3, 0.4) is 0 Å². The lowest BCUT2D eigenvalue weighted by atomic mass is 10.1. The summed E-state index contributed by atoms with van der Waals surface area (Å²) in [5.41, 5.74) is 2.28. The Kier molecular flexibility index (Phi) is 5.44. The Balaban J connectivity index is 1.29. The normalized spacial score (nSPS) is 12.1. The zero-order valence-corrected chi connectivity index (χ0v) is 16.1. The molecule has 0 spiro atoms. The standard InChI is InChI=1S/C21H17FN4O2S/c22-14-7-9-15(10-8-14)24-18(27)11-23-19(28)12-29-21-25-16-5-1-3-13-4-2-6-17(26-21)20(13)16/h1-10H,11-12H2,(H,23,28)(H,24,27)(H,25,26). The van der Waals surface area contributed by atoms with Gasteiger partial charge in [-0.1, -0.05) is 36.0 Å². The molecule has 1 aliphatic heterocycles. The lowest BCUT2D eigenvalue weighted by Gasteiger charge is -2.18. The van der Waals surface area contributed by atoms with E-state index >= 15 is 0 Å². The van der Waals surface area contributed by atoms with Gasteiger partial charge < -0.3 is 16.0 Å². The van der Waals surface area contributed by atoms with Gasteiger partial charge in [0.1, 0.15) is 5.82 Å². The maximum absolute atomic E-state index is 12.9. The fraction of sp³-hybridized carbons (Fsp3) is 0.0952. The van der Waals surface area contributed by atoms with Crippen molar-refractivity contribution in [3.8, 4) is 0 Å². The summed E-state index contributed by atoms with van der Waals surface area (Å²) < 4.78 is 12.9. The summed E-state index contributed by atoms with van der Waals surface area (Å²) in [6.45, 7) is -0.168. The van der Waals surface area contributed by atoms with E-state index in [2.05, 4.69) is 20.9 Å². The van der Waals surface area contributed by atoms with Crippen molar-refractivity contribution in [3.05, 3.63) is 66.5 Å². The second-order valence-electron chi connectivity index (χ2n) is 6.34. The third-order valence-electron chi connectivity index (χ3n) is 4.26. The van der Waals surface area contributed by atoms with Crippen molar-refractivity contribution >= 4 is 56.6 Å². The highest BCUT2D eigenvalue weighted by molar-refractivity contribution is 8.14. The topological polar surface area (TPSA) is 82.6 Å². The number of halogens is 1. The zero-order valence-electron chi connectivity index (χ0n) is 15.2. The van der Waals surface area contributed by atoms with E-state index in [0.29, 0.717) is 10.9 Å². The Morgan fingerprint density at radius 3 is 2.55 bits per heavy atom. The number of aliphatic imine (C=N–C) groups is 1. The van der Waals surface area contributed by atoms with E-state index in [9.17, 15) is 14.0 Å². The molecule has 8 heteroatoms. The van der Waals surface area contributed by atoms with Crippen LogP contribution in [0.15, 0.2) is 65.7 Å². The predicted octanol–water partition coefficient (Wildman–Crippen LogP) is 3.88. The van der Waals surface area contributed by atoms with Gasteiger partial charge in [0, 0.05) is 11.1 Å². The molecule has 0 aliphatic carbocycles. The Labute approximate surface area is 170 Å². The van der Waals surface area contributed by atoms with E-state index in [0.717, 1.165) is 22.1 Å².